The first-order chi connectivity index (χ1) is 9.41. The van der Waals surface area contributed by atoms with Gasteiger partial charge < -0.3 is 4.74 Å². The SMILES string of the molecule is CC[CH]OC#CCCCCCCCCCCCCC. The summed E-state index contributed by atoms with van der Waals surface area (Å²) in [6, 6.07) is 0. The van der Waals surface area contributed by atoms with E-state index in [1.54, 1.807) is 6.61 Å². The van der Waals surface area contributed by atoms with Crippen LogP contribution in [0.25, 0.3) is 0 Å². The zero-order valence-corrected chi connectivity index (χ0v) is 13.2. The van der Waals surface area contributed by atoms with Crippen LogP contribution in [0.1, 0.15) is 97.3 Å². The minimum atomic E-state index is 0.924. The molecular weight excluding hydrogens is 232 g/mol. The van der Waals surface area contributed by atoms with Crippen molar-refractivity contribution in [1.82, 2.24) is 0 Å². The smallest absolute Gasteiger partial charge is 0.148 e. The van der Waals surface area contributed by atoms with E-state index in [4.69, 9.17) is 4.74 Å². The molecular formula is C18H33O. The molecule has 0 bridgehead atoms. The van der Waals surface area contributed by atoms with Crippen LogP contribution in [0.4, 0.5) is 0 Å². The maximum Gasteiger partial charge on any atom is 0.148 e. The van der Waals surface area contributed by atoms with Crippen molar-refractivity contribution in [2.75, 3.05) is 0 Å². The Balaban J connectivity index is 3.00. The fraction of sp³-hybridized carbons (Fsp3) is 0.833. The van der Waals surface area contributed by atoms with E-state index < -0.39 is 0 Å². The lowest BCUT2D eigenvalue weighted by Gasteiger charge is -2.01. The van der Waals surface area contributed by atoms with Crippen molar-refractivity contribution in [1.29, 1.82) is 0 Å². The number of rotatable bonds is 13. The van der Waals surface area contributed by atoms with Crippen LogP contribution in [0.15, 0.2) is 0 Å². The quantitative estimate of drug-likeness (QED) is 0.283. The normalized spacial score (nSPS) is 10.0. The molecule has 1 nitrogen and oxygen atoms in total. The molecule has 0 saturated carbocycles. The molecule has 0 unspecified atom stereocenters. The number of unbranched alkanes of at least 4 members (excludes halogenated alkanes) is 11. The third kappa shape index (κ3) is 17.4. The molecule has 0 heterocycles. The van der Waals surface area contributed by atoms with Gasteiger partial charge in [-0.1, -0.05) is 84.0 Å². The third-order valence-electron chi connectivity index (χ3n) is 3.29. The minimum absolute atomic E-state index is 0.924. The van der Waals surface area contributed by atoms with Gasteiger partial charge >= 0.3 is 0 Å². The highest BCUT2D eigenvalue weighted by molar-refractivity contribution is 4.91. The standard InChI is InChI=1S/C18H33O/c1-3-5-6-7-8-9-10-11-12-13-14-15-16-18-19-17-4-2/h17H,3-15H2,1-2H3. The van der Waals surface area contributed by atoms with E-state index in [1.807, 2.05) is 6.92 Å². The molecule has 0 fully saturated rings. The summed E-state index contributed by atoms with van der Waals surface area (Å²) < 4.78 is 5.00. The first-order valence-corrected chi connectivity index (χ1v) is 8.37. The predicted octanol–water partition coefficient (Wildman–Crippen LogP) is 6.24. The van der Waals surface area contributed by atoms with E-state index in [-0.39, 0.29) is 0 Å². The van der Waals surface area contributed by atoms with Gasteiger partial charge in [0, 0.05) is 6.42 Å². The lowest BCUT2D eigenvalue weighted by molar-refractivity contribution is 0.356. The van der Waals surface area contributed by atoms with Crippen LogP contribution in [0.3, 0.4) is 0 Å². The second kappa shape index (κ2) is 17.4. The van der Waals surface area contributed by atoms with Crippen molar-refractivity contribution in [3.05, 3.63) is 6.61 Å². The predicted molar refractivity (Wildman–Crippen MR) is 84.5 cm³/mol. The summed E-state index contributed by atoms with van der Waals surface area (Å²) in [4.78, 5) is 0. The van der Waals surface area contributed by atoms with Crippen molar-refractivity contribution < 1.29 is 4.74 Å². The van der Waals surface area contributed by atoms with E-state index in [2.05, 4.69) is 19.0 Å². The van der Waals surface area contributed by atoms with Crippen molar-refractivity contribution in [2.45, 2.75) is 97.3 Å². The fourth-order valence-corrected chi connectivity index (χ4v) is 2.10. The Bertz CT molecular complexity index is 211. The Morgan fingerprint density at radius 2 is 1.26 bits per heavy atom. The lowest BCUT2D eigenvalue weighted by Crippen LogP contribution is -1.82. The number of hydrogen-bond donors (Lipinski definition) is 0. The van der Waals surface area contributed by atoms with Crippen LogP contribution in [-0.4, -0.2) is 0 Å². The third-order valence-corrected chi connectivity index (χ3v) is 3.29. The maximum atomic E-state index is 5.00. The topological polar surface area (TPSA) is 9.23 Å². The van der Waals surface area contributed by atoms with Gasteiger partial charge in [0.05, 0.1) is 0 Å². The van der Waals surface area contributed by atoms with Gasteiger partial charge in [-0.3, -0.25) is 0 Å². The lowest BCUT2D eigenvalue weighted by atomic mass is 10.1. The molecule has 0 spiro atoms. The molecule has 0 atom stereocenters. The van der Waals surface area contributed by atoms with E-state index in [0.29, 0.717) is 0 Å². The number of hydrogen-bond acceptors (Lipinski definition) is 1. The Hall–Kier alpha value is -0.640. The zero-order valence-electron chi connectivity index (χ0n) is 13.2. The molecule has 19 heavy (non-hydrogen) atoms. The van der Waals surface area contributed by atoms with E-state index >= 15 is 0 Å². The average Bonchev–Trinajstić information content (AvgIpc) is 2.43. The van der Waals surface area contributed by atoms with Gasteiger partial charge in [-0.05, 0) is 12.8 Å². The van der Waals surface area contributed by atoms with E-state index in [0.717, 1.165) is 12.8 Å². The van der Waals surface area contributed by atoms with Crippen molar-refractivity contribution >= 4 is 0 Å². The fourth-order valence-electron chi connectivity index (χ4n) is 2.10. The van der Waals surface area contributed by atoms with Gasteiger partial charge in [0.25, 0.3) is 0 Å². The molecule has 0 aliphatic carbocycles. The average molecular weight is 265 g/mol. The molecule has 1 radical (unpaired) electrons. The molecule has 0 aliphatic rings. The van der Waals surface area contributed by atoms with Gasteiger partial charge in [-0.15, -0.1) is 0 Å². The largest absolute Gasteiger partial charge is 0.439 e. The molecule has 111 valence electrons. The van der Waals surface area contributed by atoms with Crippen LogP contribution in [0.5, 0.6) is 0 Å². The summed E-state index contributed by atoms with van der Waals surface area (Å²) in [5.74, 6) is 3.05. The van der Waals surface area contributed by atoms with Crippen LogP contribution in [-0.2, 0) is 4.74 Å². The Morgan fingerprint density at radius 1 is 0.737 bits per heavy atom. The molecule has 0 amide bonds. The molecule has 0 aliphatic heterocycles. The Labute approximate surface area is 121 Å². The van der Waals surface area contributed by atoms with Crippen LogP contribution in [0, 0.1) is 18.6 Å². The first-order valence-electron chi connectivity index (χ1n) is 8.37. The van der Waals surface area contributed by atoms with Crippen molar-refractivity contribution in [3.63, 3.8) is 0 Å². The van der Waals surface area contributed by atoms with Crippen molar-refractivity contribution in [3.8, 4) is 12.0 Å². The van der Waals surface area contributed by atoms with E-state index in [9.17, 15) is 0 Å². The molecule has 1 heteroatoms. The molecule has 0 aromatic heterocycles. The van der Waals surface area contributed by atoms with Gasteiger partial charge in [0.15, 0.2) is 0 Å². The summed E-state index contributed by atoms with van der Waals surface area (Å²) in [6.07, 6.45) is 19.9. The van der Waals surface area contributed by atoms with Crippen LogP contribution < -0.4 is 0 Å². The second-order valence-electron chi connectivity index (χ2n) is 5.26. The second-order valence-corrected chi connectivity index (χ2v) is 5.26. The summed E-state index contributed by atoms with van der Waals surface area (Å²) >= 11 is 0. The summed E-state index contributed by atoms with van der Waals surface area (Å²) in [5.41, 5.74) is 0. The van der Waals surface area contributed by atoms with Gasteiger partial charge in [0.1, 0.15) is 12.7 Å². The highest BCUT2D eigenvalue weighted by Gasteiger charge is 1.92. The molecule has 0 N–H and O–H groups in total. The molecule has 0 rings (SSSR count). The highest BCUT2D eigenvalue weighted by atomic mass is 16.5. The first kappa shape index (κ1) is 18.4. The number of ether oxygens (including phenoxy) is 1. The zero-order chi connectivity index (χ0) is 14.0. The van der Waals surface area contributed by atoms with Gasteiger partial charge in [0.2, 0.25) is 0 Å². The molecule has 0 saturated heterocycles. The van der Waals surface area contributed by atoms with Crippen LogP contribution >= 0.6 is 0 Å². The summed E-state index contributed by atoms with van der Waals surface area (Å²) in [7, 11) is 0. The van der Waals surface area contributed by atoms with E-state index in [1.165, 1.54) is 70.6 Å². The van der Waals surface area contributed by atoms with Gasteiger partial charge in [-0.25, -0.2) is 0 Å². The van der Waals surface area contributed by atoms with Crippen LogP contribution in [0.2, 0.25) is 0 Å². The minimum Gasteiger partial charge on any atom is -0.439 e. The Morgan fingerprint density at radius 3 is 1.79 bits per heavy atom. The summed E-state index contributed by atoms with van der Waals surface area (Å²) in [6.45, 7) is 6.07. The molecule has 0 aromatic rings. The monoisotopic (exact) mass is 265 g/mol. The summed E-state index contributed by atoms with van der Waals surface area (Å²) in [5, 5.41) is 0. The Kier molecular flexibility index (Phi) is 16.8. The van der Waals surface area contributed by atoms with Gasteiger partial charge in [-0.2, -0.15) is 0 Å². The molecule has 0 aromatic carbocycles. The maximum absolute atomic E-state index is 5.00. The highest BCUT2D eigenvalue weighted by Crippen LogP contribution is 2.11. The van der Waals surface area contributed by atoms with Crippen molar-refractivity contribution in [2.24, 2.45) is 0 Å².